The summed E-state index contributed by atoms with van der Waals surface area (Å²) in [5.41, 5.74) is 1.43. The van der Waals surface area contributed by atoms with E-state index in [0.29, 0.717) is 5.13 Å². The monoisotopic (exact) mass is 369 g/mol. The number of nitrogens with zero attached hydrogens (tertiary/aromatic N) is 1. The third-order valence-electron chi connectivity index (χ3n) is 3.68. The number of rotatable bonds is 2. The second-order valence-corrected chi connectivity index (χ2v) is 8.02. The number of hydrogen-bond donors (Lipinski definition) is 2. The zero-order chi connectivity index (χ0) is 18.0. The summed E-state index contributed by atoms with van der Waals surface area (Å²) in [6.07, 6.45) is 0. The summed E-state index contributed by atoms with van der Waals surface area (Å²) in [7, 11) is 0. The van der Waals surface area contributed by atoms with E-state index in [4.69, 9.17) is 12.2 Å². The highest BCUT2D eigenvalue weighted by molar-refractivity contribution is 7.80. The van der Waals surface area contributed by atoms with Gasteiger partial charge in [0, 0.05) is 16.4 Å². The standard InChI is InChI=1S/C19H19N3OS2/c1-19(2,3)16(23)21-17(24)22-18-20-15(11-25-18)14-9-8-12-6-4-5-7-13(12)10-14/h4-11H,1-3H3,(H2,20,21,22,23,24). The topological polar surface area (TPSA) is 54.0 Å². The van der Waals surface area contributed by atoms with E-state index in [-0.39, 0.29) is 11.0 Å². The van der Waals surface area contributed by atoms with Crippen LogP contribution < -0.4 is 10.6 Å². The summed E-state index contributed by atoms with van der Waals surface area (Å²) in [5, 5.41) is 10.9. The third-order valence-corrected chi connectivity index (χ3v) is 4.64. The minimum Gasteiger partial charge on any atom is -0.308 e. The Balaban J connectivity index is 1.73. The highest BCUT2D eigenvalue weighted by Gasteiger charge is 2.22. The molecule has 0 saturated carbocycles. The lowest BCUT2D eigenvalue weighted by atomic mass is 9.96. The predicted molar refractivity (Wildman–Crippen MR) is 109 cm³/mol. The minimum atomic E-state index is -0.495. The zero-order valence-electron chi connectivity index (χ0n) is 14.3. The van der Waals surface area contributed by atoms with Gasteiger partial charge in [0.1, 0.15) is 0 Å². The summed E-state index contributed by atoms with van der Waals surface area (Å²) >= 11 is 6.65. The molecule has 0 aliphatic rings. The number of hydrogen-bond acceptors (Lipinski definition) is 4. The van der Waals surface area contributed by atoms with Crippen LogP contribution in [0.2, 0.25) is 0 Å². The van der Waals surface area contributed by atoms with Gasteiger partial charge in [0.15, 0.2) is 10.2 Å². The Morgan fingerprint density at radius 1 is 1.12 bits per heavy atom. The van der Waals surface area contributed by atoms with E-state index in [2.05, 4.69) is 45.9 Å². The molecular formula is C19H19N3OS2. The Hall–Kier alpha value is -2.31. The van der Waals surface area contributed by atoms with E-state index in [9.17, 15) is 4.79 Å². The second-order valence-electron chi connectivity index (χ2n) is 6.76. The van der Waals surface area contributed by atoms with E-state index >= 15 is 0 Å². The van der Waals surface area contributed by atoms with Crippen LogP contribution in [0.15, 0.2) is 47.8 Å². The van der Waals surface area contributed by atoms with Crippen molar-refractivity contribution in [2.45, 2.75) is 20.8 Å². The molecule has 0 radical (unpaired) electrons. The smallest absolute Gasteiger partial charge is 0.231 e. The maximum Gasteiger partial charge on any atom is 0.231 e. The molecule has 0 unspecified atom stereocenters. The van der Waals surface area contributed by atoms with Gasteiger partial charge in [0.25, 0.3) is 0 Å². The summed E-state index contributed by atoms with van der Waals surface area (Å²) in [4.78, 5) is 16.5. The number of carbonyl (C=O) groups is 1. The molecule has 0 aliphatic carbocycles. The first kappa shape index (κ1) is 17.5. The van der Waals surface area contributed by atoms with Gasteiger partial charge in [0.05, 0.1) is 5.69 Å². The van der Waals surface area contributed by atoms with Gasteiger partial charge in [0.2, 0.25) is 5.91 Å². The second kappa shape index (κ2) is 6.90. The van der Waals surface area contributed by atoms with Crippen LogP contribution in [-0.2, 0) is 4.79 Å². The SMILES string of the molecule is CC(C)(C)C(=O)NC(=S)Nc1nc(-c2ccc3ccccc3c2)cs1. The Bertz CT molecular complexity index is 941. The van der Waals surface area contributed by atoms with Gasteiger partial charge in [-0.2, -0.15) is 0 Å². The number of aromatic nitrogens is 1. The lowest BCUT2D eigenvalue weighted by molar-refractivity contribution is -0.126. The molecule has 2 N–H and O–H groups in total. The molecule has 0 saturated heterocycles. The third kappa shape index (κ3) is 4.21. The normalized spacial score (nSPS) is 11.3. The molecule has 25 heavy (non-hydrogen) atoms. The van der Waals surface area contributed by atoms with Gasteiger partial charge in [-0.05, 0) is 29.1 Å². The predicted octanol–water partition coefficient (Wildman–Crippen LogP) is 4.82. The van der Waals surface area contributed by atoms with Crippen LogP contribution >= 0.6 is 23.6 Å². The number of thiocarbonyl (C=S) groups is 1. The molecule has 1 aromatic heterocycles. The molecule has 1 heterocycles. The average Bonchev–Trinajstić information content (AvgIpc) is 3.01. The van der Waals surface area contributed by atoms with Gasteiger partial charge < -0.3 is 10.6 Å². The lowest BCUT2D eigenvalue weighted by Crippen LogP contribution is -2.41. The fraction of sp³-hybridized carbons (Fsp3) is 0.211. The summed E-state index contributed by atoms with van der Waals surface area (Å²) in [6.45, 7) is 5.52. The first-order valence-electron chi connectivity index (χ1n) is 7.90. The van der Waals surface area contributed by atoms with Crippen molar-refractivity contribution in [3.8, 4) is 11.3 Å². The van der Waals surface area contributed by atoms with Crippen molar-refractivity contribution < 1.29 is 4.79 Å². The number of nitrogens with one attached hydrogen (secondary N) is 2. The van der Waals surface area contributed by atoms with Crippen molar-refractivity contribution in [2.75, 3.05) is 5.32 Å². The van der Waals surface area contributed by atoms with Crippen LogP contribution in [0.1, 0.15) is 20.8 Å². The minimum absolute atomic E-state index is 0.128. The highest BCUT2D eigenvalue weighted by atomic mass is 32.1. The first-order chi connectivity index (χ1) is 11.8. The van der Waals surface area contributed by atoms with E-state index in [0.717, 1.165) is 11.3 Å². The van der Waals surface area contributed by atoms with Crippen molar-refractivity contribution >= 4 is 50.5 Å². The Morgan fingerprint density at radius 2 is 1.84 bits per heavy atom. The van der Waals surface area contributed by atoms with Gasteiger partial charge >= 0.3 is 0 Å². The number of benzene rings is 2. The van der Waals surface area contributed by atoms with Crippen LogP contribution in [0.4, 0.5) is 5.13 Å². The van der Waals surface area contributed by atoms with E-state index in [1.165, 1.54) is 22.1 Å². The molecule has 128 valence electrons. The number of amides is 1. The largest absolute Gasteiger partial charge is 0.308 e. The van der Waals surface area contributed by atoms with Gasteiger partial charge in [-0.3, -0.25) is 4.79 Å². The number of anilines is 1. The summed E-state index contributed by atoms with van der Waals surface area (Å²) < 4.78 is 0. The van der Waals surface area contributed by atoms with Crippen LogP contribution in [0.5, 0.6) is 0 Å². The Kier molecular flexibility index (Phi) is 4.83. The Morgan fingerprint density at radius 3 is 2.56 bits per heavy atom. The number of thiazole rings is 1. The molecule has 2 aromatic carbocycles. The molecule has 0 aliphatic heterocycles. The molecule has 0 bridgehead atoms. The maximum absolute atomic E-state index is 12.0. The van der Waals surface area contributed by atoms with Crippen LogP contribution in [-0.4, -0.2) is 16.0 Å². The molecule has 6 heteroatoms. The molecular weight excluding hydrogens is 350 g/mol. The van der Waals surface area contributed by atoms with E-state index < -0.39 is 5.41 Å². The van der Waals surface area contributed by atoms with Crippen LogP contribution in [0.25, 0.3) is 22.0 Å². The highest BCUT2D eigenvalue weighted by Crippen LogP contribution is 2.27. The lowest BCUT2D eigenvalue weighted by Gasteiger charge is -2.17. The number of carbonyl (C=O) groups excluding carboxylic acids is 1. The van der Waals surface area contributed by atoms with Crippen molar-refractivity contribution in [3.63, 3.8) is 0 Å². The fourth-order valence-electron chi connectivity index (χ4n) is 2.23. The Labute approximate surface area is 156 Å². The zero-order valence-corrected chi connectivity index (χ0v) is 15.9. The molecule has 1 amide bonds. The quantitative estimate of drug-likeness (QED) is 0.636. The first-order valence-corrected chi connectivity index (χ1v) is 9.19. The molecule has 3 rings (SSSR count). The van der Waals surface area contributed by atoms with E-state index in [1.807, 2.05) is 38.3 Å². The van der Waals surface area contributed by atoms with Crippen LogP contribution in [0.3, 0.4) is 0 Å². The average molecular weight is 370 g/mol. The summed E-state index contributed by atoms with van der Waals surface area (Å²) in [5.74, 6) is -0.128. The van der Waals surface area contributed by atoms with Crippen LogP contribution in [0, 0.1) is 5.41 Å². The molecule has 3 aromatic rings. The van der Waals surface area contributed by atoms with Crippen molar-refractivity contribution in [1.82, 2.24) is 10.3 Å². The molecule has 0 spiro atoms. The van der Waals surface area contributed by atoms with Crippen molar-refractivity contribution in [2.24, 2.45) is 5.41 Å². The van der Waals surface area contributed by atoms with Gasteiger partial charge in [-0.15, -0.1) is 11.3 Å². The van der Waals surface area contributed by atoms with Crippen molar-refractivity contribution in [1.29, 1.82) is 0 Å². The number of fused-ring (bicyclic) bond motifs is 1. The van der Waals surface area contributed by atoms with Gasteiger partial charge in [-0.25, -0.2) is 4.98 Å². The fourth-order valence-corrected chi connectivity index (χ4v) is 3.21. The summed E-state index contributed by atoms with van der Waals surface area (Å²) in [6, 6.07) is 14.5. The van der Waals surface area contributed by atoms with E-state index in [1.54, 1.807) is 0 Å². The van der Waals surface area contributed by atoms with Gasteiger partial charge in [-0.1, -0.05) is 57.2 Å². The maximum atomic E-state index is 12.0. The molecule has 4 nitrogen and oxygen atoms in total. The molecule has 0 atom stereocenters. The van der Waals surface area contributed by atoms with Crippen molar-refractivity contribution in [3.05, 3.63) is 47.8 Å². The molecule has 0 fully saturated rings.